The average molecular weight is 194 g/mol. The highest BCUT2D eigenvalue weighted by Gasteiger charge is 1.98. The summed E-state index contributed by atoms with van der Waals surface area (Å²) in [6.45, 7) is 6.19. The van der Waals surface area contributed by atoms with Gasteiger partial charge in [0.05, 0.1) is 11.9 Å². The van der Waals surface area contributed by atoms with E-state index in [-0.39, 0.29) is 5.75 Å². The van der Waals surface area contributed by atoms with Gasteiger partial charge in [-0.05, 0) is 24.6 Å². The first-order chi connectivity index (χ1) is 6.72. The van der Waals surface area contributed by atoms with Gasteiger partial charge in [0.1, 0.15) is 5.75 Å². The molecule has 0 aliphatic rings. The van der Waals surface area contributed by atoms with Crippen LogP contribution in [0.3, 0.4) is 0 Å². The summed E-state index contributed by atoms with van der Waals surface area (Å²) in [4.78, 5) is 4.09. The first-order valence-electron chi connectivity index (χ1n) is 5.07. The zero-order valence-corrected chi connectivity index (χ0v) is 8.83. The van der Waals surface area contributed by atoms with Crippen molar-refractivity contribution in [2.45, 2.75) is 26.8 Å². The van der Waals surface area contributed by atoms with Crippen LogP contribution in [0.25, 0.3) is 0 Å². The number of nitrogens with zero attached hydrogens (tertiary/aromatic N) is 1. The van der Waals surface area contributed by atoms with Crippen LogP contribution in [0.2, 0.25) is 0 Å². The lowest BCUT2D eigenvalue weighted by atomic mass is 10.1. The number of hydrogen-bond acceptors (Lipinski definition) is 3. The van der Waals surface area contributed by atoms with E-state index in [2.05, 4.69) is 24.1 Å². The molecule has 3 nitrogen and oxygen atoms in total. The molecule has 1 aromatic heterocycles. The number of rotatable bonds is 5. The summed E-state index contributed by atoms with van der Waals surface area (Å²) in [5, 5.41) is 12.4. The minimum atomic E-state index is 0.218. The monoisotopic (exact) mass is 194 g/mol. The number of aromatic hydroxyl groups is 1. The van der Waals surface area contributed by atoms with Gasteiger partial charge < -0.3 is 10.4 Å². The summed E-state index contributed by atoms with van der Waals surface area (Å²) in [5.41, 5.74) is 0.964. The standard InChI is InChI=1S/C11H18N2O/c1-3-9(2)6-12-7-10-4-5-11(14)8-13-10/h4-5,8-9,12,14H,3,6-7H2,1-2H3. The third-order valence-corrected chi connectivity index (χ3v) is 2.30. The van der Waals surface area contributed by atoms with Crippen LogP contribution in [0.4, 0.5) is 0 Å². The van der Waals surface area contributed by atoms with Gasteiger partial charge in [0.15, 0.2) is 0 Å². The lowest BCUT2D eigenvalue weighted by Gasteiger charge is -2.09. The Labute approximate surface area is 85.2 Å². The lowest BCUT2D eigenvalue weighted by Crippen LogP contribution is -2.20. The van der Waals surface area contributed by atoms with Crippen LogP contribution in [0.5, 0.6) is 5.75 Å². The Balaban J connectivity index is 2.28. The third-order valence-electron chi connectivity index (χ3n) is 2.30. The first-order valence-corrected chi connectivity index (χ1v) is 5.07. The Bertz CT molecular complexity index is 258. The zero-order valence-electron chi connectivity index (χ0n) is 8.83. The largest absolute Gasteiger partial charge is 0.506 e. The molecule has 0 aromatic carbocycles. The molecule has 1 rings (SSSR count). The van der Waals surface area contributed by atoms with Gasteiger partial charge in [-0.1, -0.05) is 20.3 Å². The number of nitrogens with one attached hydrogen (secondary N) is 1. The second kappa shape index (κ2) is 5.60. The Kier molecular flexibility index (Phi) is 4.40. The first kappa shape index (κ1) is 11.0. The van der Waals surface area contributed by atoms with Crippen LogP contribution in [0, 0.1) is 5.92 Å². The molecule has 0 fully saturated rings. The normalized spacial score (nSPS) is 12.7. The van der Waals surface area contributed by atoms with E-state index < -0.39 is 0 Å². The molecule has 0 aliphatic carbocycles. The van der Waals surface area contributed by atoms with Crippen LogP contribution in [-0.2, 0) is 6.54 Å². The number of hydrogen-bond donors (Lipinski definition) is 2. The molecule has 1 unspecified atom stereocenters. The highest BCUT2D eigenvalue weighted by atomic mass is 16.3. The van der Waals surface area contributed by atoms with E-state index in [4.69, 9.17) is 5.11 Å². The Morgan fingerprint density at radius 2 is 2.29 bits per heavy atom. The van der Waals surface area contributed by atoms with Crippen molar-refractivity contribution in [1.29, 1.82) is 0 Å². The molecule has 0 saturated heterocycles. The van der Waals surface area contributed by atoms with Crippen molar-refractivity contribution in [3.8, 4) is 5.75 Å². The van der Waals surface area contributed by atoms with Gasteiger partial charge in [0, 0.05) is 6.54 Å². The average Bonchev–Trinajstić information content (AvgIpc) is 2.21. The summed E-state index contributed by atoms with van der Waals surface area (Å²) in [5.74, 6) is 0.919. The van der Waals surface area contributed by atoms with E-state index >= 15 is 0 Å². The smallest absolute Gasteiger partial charge is 0.133 e. The van der Waals surface area contributed by atoms with Crippen LogP contribution in [0.15, 0.2) is 18.3 Å². The van der Waals surface area contributed by atoms with E-state index in [0.29, 0.717) is 5.92 Å². The van der Waals surface area contributed by atoms with Crippen molar-refractivity contribution in [3.05, 3.63) is 24.0 Å². The molecule has 0 spiro atoms. The van der Waals surface area contributed by atoms with Crippen molar-refractivity contribution in [3.63, 3.8) is 0 Å². The maximum Gasteiger partial charge on any atom is 0.133 e. The predicted octanol–water partition coefficient (Wildman–Crippen LogP) is 1.92. The highest BCUT2D eigenvalue weighted by molar-refractivity contribution is 5.17. The molecule has 0 saturated carbocycles. The van der Waals surface area contributed by atoms with Crippen molar-refractivity contribution < 1.29 is 5.11 Å². The van der Waals surface area contributed by atoms with E-state index in [1.54, 1.807) is 6.07 Å². The predicted molar refractivity (Wildman–Crippen MR) is 57.1 cm³/mol. The second-order valence-electron chi connectivity index (χ2n) is 3.65. The van der Waals surface area contributed by atoms with Crippen LogP contribution < -0.4 is 5.32 Å². The van der Waals surface area contributed by atoms with Crippen molar-refractivity contribution in [1.82, 2.24) is 10.3 Å². The fourth-order valence-electron chi connectivity index (χ4n) is 1.11. The van der Waals surface area contributed by atoms with Crippen molar-refractivity contribution in [2.75, 3.05) is 6.54 Å². The molecule has 14 heavy (non-hydrogen) atoms. The van der Waals surface area contributed by atoms with Gasteiger partial charge >= 0.3 is 0 Å². The molecule has 2 N–H and O–H groups in total. The molecule has 0 radical (unpaired) electrons. The SMILES string of the molecule is CCC(C)CNCc1ccc(O)cn1. The van der Waals surface area contributed by atoms with Crippen molar-refractivity contribution in [2.24, 2.45) is 5.92 Å². The van der Waals surface area contributed by atoms with E-state index in [0.717, 1.165) is 18.8 Å². The lowest BCUT2D eigenvalue weighted by molar-refractivity contribution is 0.470. The van der Waals surface area contributed by atoms with Gasteiger partial charge in [-0.25, -0.2) is 0 Å². The fourth-order valence-corrected chi connectivity index (χ4v) is 1.11. The van der Waals surface area contributed by atoms with Crippen LogP contribution in [0.1, 0.15) is 26.0 Å². The van der Waals surface area contributed by atoms with Gasteiger partial charge in [0.2, 0.25) is 0 Å². The number of aromatic nitrogens is 1. The molecule has 78 valence electrons. The maximum absolute atomic E-state index is 9.03. The van der Waals surface area contributed by atoms with E-state index in [9.17, 15) is 0 Å². The van der Waals surface area contributed by atoms with Gasteiger partial charge in [-0.3, -0.25) is 4.98 Å². The Hall–Kier alpha value is -1.09. The van der Waals surface area contributed by atoms with E-state index in [1.807, 2.05) is 6.07 Å². The summed E-state index contributed by atoms with van der Waals surface area (Å²) in [7, 11) is 0. The molecular weight excluding hydrogens is 176 g/mol. The second-order valence-corrected chi connectivity index (χ2v) is 3.65. The molecule has 0 amide bonds. The van der Waals surface area contributed by atoms with Gasteiger partial charge in [-0.15, -0.1) is 0 Å². The summed E-state index contributed by atoms with van der Waals surface area (Å²) in [6.07, 6.45) is 2.66. The maximum atomic E-state index is 9.03. The van der Waals surface area contributed by atoms with Crippen molar-refractivity contribution >= 4 is 0 Å². The fraction of sp³-hybridized carbons (Fsp3) is 0.545. The van der Waals surface area contributed by atoms with Gasteiger partial charge in [-0.2, -0.15) is 0 Å². The molecule has 1 heterocycles. The third kappa shape index (κ3) is 3.75. The topological polar surface area (TPSA) is 45.1 Å². The Morgan fingerprint density at radius 1 is 1.50 bits per heavy atom. The minimum absolute atomic E-state index is 0.218. The minimum Gasteiger partial charge on any atom is -0.506 e. The van der Waals surface area contributed by atoms with E-state index in [1.165, 1.54) is 12.6 Å². The molecule has 0 bridgehead atoms. The molecular formula is C11H18N2O. The summed E-state index contributed by atoms with van der Waals surface area (Å²) >= 11 is 0. The number of pyridine rings is 1. The van der Waals surface area contributed by atoms with Crippen LogP contribution in [-0.4, -0.2) is 16.6 Å². The summed E-state index contributed by atoms with van der Waals surface area (Å²) < 4.78 is 0. The van der Waals surface area contributed by atoms with Crippen LogP contribution >= 0.6 is 0 Å². The zero-order chi connectivity index (χ0) is 10.4. The quantitative estimate of drug-likeness (QED) is 0.752. The summed E-state index contributed by atoms with van der Waals surface area (Å²) in [6, 6.07) is 3.49. The molecule has 3 heteroatoms. The molecule has 1 aromatic rings. The molecule has 0 aliphatic heterocycles. The highest BCUT2D eigenvalue weighted by Crippen LogP contribution is 2.05. The molecule has 1 atom stereocenters. The Morgan fingerprint density at radius 3 is 2.86 bits per heavy atom. The van der Waals surface area contributed by atoms with Gasteiger partial charge in [0.25, 0.3) is 0 Å².